The summed E-state index contributed by atoms with van der Waals surface area (Å²) in [7, 11) is 0. The molecule has 1 heterocycles. The summed E-state index contributed by atoms with van der Waals surface area (Å²) in [5, 5.41) is 15.4. The van der Waals surface area contributed by atoms with Gasteiger partial charge in [-0.25, -0.2) is 0 Å². The highest BCUT2D eigenvalue weighted by molar-refractivity contribution is 5.79. The summed E-state index contributed by atoms with van der Waals surface area (Å²) in [5.74, 6) is -1.27. The molecule has 1 aliphatic heterocycles. The first-order chi connectivity index (χ1) is 15.3. The molecule has 178 valence electrons. The number of aliphatic carboxylic acids is 1. The molecule has 12 heteroatoms. The molecule has 2 fully saturated rings. The highest BCUT2D eigenvalue weighted by Crippen LogP contribution is 2.51. The van der Waals surface area contributed by atoms with Crippen LogP contribution in [-0.2, 0) is 23.9 Å². The molecular formula is C20H32N6O6. The maximum absolute atomic E-state index is 12.7. The van der Waals surface area contributed by atoms with Crippen LogP contribution in [-0.4, -0.2) is 90.6 Å². The molecule has 0 aromatic carbocycles. The standard InChI is InChI=1S/C20H32N6O6/c1-20(6-7-20)19(32-14-27)15-12-26(11-10-25(15)13-18(30)31)17(29)5-9-22-16(28)4-2-3-8-23-24-21/h14-15,19H,2-13H2,1H3,(H,22,28)(H,30,31). The number of unbranched alkanes of at least 4 members (excludes halogenated alkanes) is 1. The number of carboxylic acid groups (broad SMARTS) is 1. The minimum absolute atomic E-state index is 0.132. The van der Waals surface area contributed by atoms with E-state index in [0.29, 0.717) is 45.4 Å². The van der Waals surface area contributed by atoms with Crippen molar-refractivity contribution in [2.24, 2.45) is 10.5 Å². The molecule has 0 spiro atoms. The van der Waals surface area contributed by atoms with Crippen LogP contribution in [0.3, 0.4) is 0 Å². The van der Waals surface area contributed by atoms with Crippen LogP contribution in [0.5, 0.6) is 0 Å². The van der Waals surface area contributed by atoms with Gasteiger partial charge >= 0.3 is 5.97 Å². The molecule has 1 saturated carbocycles. The van der Waals surface area contributed by atoms with E-state index in [1.807, 2.05) is 6.92 Å². The van der Waals surface area contributed by atoms with Gasteiger partial charge in [-0.2, -0.15) is 0 Å². The van der Waals surface area contributed by atoms with Crippen LogP contribution in [0.1, 0.15) is 45.4 Å². The van der Waals surface area contributed by atoms with Crippen molar-refractivity contribution in [2.75, 3.05) is 39.3 Å². The summed E-state index contributed by atoms with van der Waals surface area (Å²) in [6.45, 7) is 3.80. The van der Waals surface area contributed by atoms with E-state index in [0.717, 1.165) is 12.8 Å². The summed E-state index contributed by atoms with van der Waals surface area (Å²) < 4.78 is 5.39. The maximum Gasteiger partial charge on any atom is 0.317 e. The first-order valence-electron chi connectivity index (χ1n) is 10.9. The monoisotopic (exact) mass is 452 g/mol. The molecule has 32 heavy (non-hydrogen) atoms. The van der Waals surface area contributed by atoms with Crippen molar-refractivity contribution in [1.29, 1.82) is 0 Å². The number of nitrogens with zero attached hydrogens (tertiary/aromatic N) is 5. The van der Waals surface area contributed by atoms with Crippen molar-refractivity contribution in [3.8, 4) is 0 Å². The SMILES string of the molecule is CC1(C(OC=O)C2CN(C(=O)CCNC(=O)CCCCN=[N+]=[N-])CCN2CC(=O)O)CC1. The molecule has 0 aromatic heterocycles. The van der Waals surface area contributed by atoms with E-state index in [9.17, 15) is 24.3 Å². The van der Waals surface area contributed by atoms with E-state index in [1.54, 1.807) is 9.80 Å². The van der Waals surface area contributed by atoms with E-state index >= 15 is 0 Å². The molecule has 2 atom stereocenters. The molecule has 1 aliphatic carbocycles. The topological polar surface area (TPSA) is 165 Å². The molecule has 2 aliphatic rings. The first kappa shape index (κ1) is 25.4. The Morgan fingerprint density at radius 1 is 1.31 bits per heavy atom. The number of azide groups is 1. The Balaban J connectivity index is 1.86. The third-order valence-corrected chi connectivity index (χ3v) is 6.14. The number of rotatable bonds is 14. The van der Waals surface area contributed by atoms with Crippen LogP contribution in [0.4, 0.5) is 0 Å². The lowest BCUT2D eigenvalue weighted by Gasteiger charge is -2.45. The molecule has 2 rings (SSSR count). The lowest BCUT2D eigenvalue weighted by atomic mass is 9.91. The number of amides is 2. The van der Waals surface area contributed by atoms with Crippen LogP contribution in [0.2, 0.25) is 0 Å². The van der Waals surface area contributed by atoms with E-state index in [4.69, 9.17) is 10.3 Å². The summed E-state index contributed by atoms with van der Waals surface area (Å²) in [6, 6.07) is -0.396. The Morgan fingerprint density at radius 2 is 2.06 bits per heavy atom. The van der Waals surface area contributed by atoms with Crippen LogP contribution < -0.4 is 5.32 Å². The molecule has 12 nitrogen and oxygen atoms in total. The average molecular weight is 453 g/mol. The van der Waals surface area contributed by atoms with E-state index in [-0.39, 0.29) is 43.3 Å². The van der Waals surface area contributed by atoms with Gasteiger partial charge in [-0.1, -0.05) is 12.0 Å². The zero-order valence-corrected chi connectivity index (χ0v) is 18.4. The second-order valence-electron chi connectivity index (χ2n) is 8.59. The van der Waals surface area contributed by atoms with Crippen molar-refractivity contribution in [3.05, 3.63) is 10.4 Å². The Morgan fingerprint density at radius 3 is 2.69 bits per heavy atom. The lowest BCUT2D eigenvalue weighted by Crippen LogP contribution is -2.61. The van der Waals surface area contributed by atoms with E-state index in [1.165, 1.54) is 0 Å². The minimum atomic E-state index is -0.970. The number of carboxylic acids is 1. The first-order valence-corrected chi connectivity index (χ1v) is 10.9. The normalized spacial score (nSPS) is 20.5. The van der Waals surface area contributed by atoms with Gasteiger partial charge in [0.25, 0.3) is 6.47 Å². The average Bonchev–Trinajstić information content (AvgIpc) is 3.50. The molecule has 1 saturated heterocycles. The zero-order chi connectivity index (χ0) is 23.6. The summed E-state index contributed by atoms with van der Waals surface area (Å²) in [4.78, 5) is 53.1. The number of hydrogen-bond donors (Lipinski definition) is 2. The Labute approximate surface area is 186 Å². The molecule has 0 bridgehead atoms. The second kappa shape index (κ2) is 12.3. The van der Waals surface area contributed by atoms with Crippen LogP contribution in [0.25, 0.3) is 10.4 Å². The van der Waals surface area contributed by atoms with Gasteiger partial charge in [-0.05, 0) is 31.2 Å². The zero-order valence-electron chi connectivity index (χ0n) is 18.4. The smallest absolute Gasteiger partial charge is 0.317 e. The molecule has 2 unspecified atom stereocenters. The Kier molecular flexibility index (Phi) is 9.73. The van der Waals surface area contributed by atoms with Crippen molar-refractivity contribution in [1.82, 2.24) is 15.1 Å². The molecular weight excluding hydrogens is 420 g/mol. The number of ether oxygens (including phenoxy) is 1. The van der Waals surface area contributed by atoms with Crippen molar-refractivity contribution in [3.63, 3.8) is 0 Å². The number of carbonyl (C=O) groups is 4. The largest absolute Gasteiger partial charge is 0.480 e. The fourth-order valence-corrected chi connectivity index (χ4v) is 4.06. The highest BCUT2D eigenvalue weighted by atomic mass is 16.5. The number of hydrogen-bond acceptors (Lipinski definition) is 7. The van der Waals surface area contributed by atoms with Crippen molar-refractivity contribution < 1.29 is 29.0 Å². The predicted molar refractivity (Wildman–Crippen MR) is 113 cm³/mol. The lowest BCUT2D eigenvalue weighted by molar-refractivity contribution is -0.151. The summed E-state index contributed by atoms with van der Waals surface area (Å²) in [6.07, 6.45) is 2.93. The van der Waals surface area contributed by atoms with Crippen molar-refractivity contribution >= 4 is 24.3 Å². The van der Waals surface area contributed by atoms with Gasteiger partial charge in [-0.15, -0.1) is 0 Å². The number of piperazine rings is 1. The quantitative estimate of drug-likeness (QED) is 0.130. The summed E-state index contributed by atoms with van der Waals surface area (Å²) >= 11 is 0. The van der Waals surface area contributed by atoms with Crippen molar-refractivity contribution in [2.45, 2.75) is 57.6 Å². The van der Waals surface area contributed by atoms with Gasteiger partial charge in [0.05, 0.1) is 12.6 Å². The molecule has 0 radical (unpaired) electrons. The van der Waals surface area contributed by atoms with Crippen LogP contribution in [0, 0.1) is 5.41 Å². The fourth-order valence-electron chi connectivity index (χ4n) is 4.06. The van der Waals surface area contributed by atoms with Gasteiger partial charge < -0.3 is 20.1 Å². The highest BCUT2D eigenvalue weighted by Gasteiger charge is 2.52. The van der Waals surface area contributed by atoms with Gasteiger partial charge in [0, 0.05) is 55.9 Å². The Bertz CT molecular complexity index is 736. The number of carbonyl (C=O) groups excluding carboxylic acids is 3. The Hall–Kier alpha value is -2.85. The van der Waals surface area contributed by atoms with Gasteiger partial charge in [0.15, 0.2) is 0 Å². The van der Waals surface area contributed by atoms with E-state index in [2.05, 4.69) is 15.3 Å². The van der Waals surface area contributed by atoms with E-state index < -0.39 is 18.1 Å². The maximum atomic E-state index is 12.7. The fraction of sp³-hybridized carbons (Fsp3) is 0.800. The third kappa shape index (κ3) is 7.69. The summed E-state index contributed by atoms with van der Waals surface area (Å²) in [5.41, 5.74) is 8.00. The molecule has 2 amide bonds. The van der Waals surface area contributed by atoms with Gasteiger partial charge in [0.1, 0.15) is 6.10 Å². The molecule has 0 aromatic rings. The number of nitrogens with one attached hydrogen (secondary N) is 1. The molecule has 2 N–H and O–H groups in total. The third-order valence-electron chi connectivity index (χ3n) is 6.14. The van der Waals surface area contributed by atoms with Gasteiger partial charge in [0.2, 0.25) is 11.8 Å². The predicted octanol–water partition coefficient (Wildman–Crippen LogP) is 0.912. The van der Waals surface area contributed by atoms with Crippen LogP contribution >= 0.6 is 0 Å². The van der Waals surface area contributed by atoms with Gasteiger partial charge in [-0.3, -0.25) is 24.1 Å². The second-order valence-corrected chi connectivity index (χ2v) is 8.59. The minimum Gasteiger partial charge on any atom is -0.480 e. The van der Waals surface area contributed by atoms with Crippen LogP contribution in [0.15, 0.2) is 5.11 Å².